The van der Waals surface area contributed by atoms with Crippen LogP contribution in [-0.4, -0.2) is 60.6 Å². The highest BCUT2D eigenvalue weighted by Crippen LogP contribution is 2.24. The molecular formula is C19H33N5O2S. The lowest BCUT2D eigenvalue weighted by Gasteiger charge is -2.22. The molecule has 0 amide bonds. The number of likely N-dealkylation sites (N-methyl/N-ethyl adjacent to an activating group) is 1. The minimum Gasteiger partial charge on any atom is -0.462 e. The van der Waals surface area contributed by atoms with Gasteiger partial charge in [-0.2, -0.15) is 0 Å². The van der Waals surface area contributed by atoms with Gasteiger partial charge in [0.1, 0.15) is 9.88 Å². The van der Waals surface area contributed by atoms with Gasteiger partial charge in [0, 0.05) is 12.6 Å². The van der Waals surface area contributed by atoms with Gasteiger partial charge in [0.15, 0.2) is 5.96 Å². The van der Waals surface area contributed by atoms with E-state index in [1.165, 1.54) is 30.7 Å². The number of rotatable bonds is 8. The Bertz CT molecular complexity index is 646. The van der Waals surface area contributed by atoms with Crippen molar-refractivity contribution in [1.82, 2.24) is 20.5 Å². The second kappa shape index (κ2) is 10.6. The van der Waals surface area contributed by atoms with Gasteiger partial charge in [0.25, 0.3) is 0 Å². The highest BCUT2D eigenvalue weighted by Gasteiger charge is 2.23. The van der Waals surface area contributed by atoms with Crippen molar-refractivity contribution in [2.45, 2.75) is 59.5 Å². The van der Waals surface area contributed by atoms with Crippen LogP contribution in [0.4, 0.5) is 0 Å². The maximum Gasteiger partial charge on any atom is 0.350 e. The smallest absolute Gasteiger partial charge is 0.350 e. The number of guanidine groups is 1. The predicted molar refractivity (Wildman–Crippen MR) is 111 cm³/mol. The standard InChI is InChI=1S/C19H33N5O2S/c1-6-20-19(21-12-15-10-9-11-24(15)7-2)23-14(5)17-22-13(4)16(27-17)18(25)26-8-3/h14-15H,6-12H2,1-5H3,(H2,20,21,23). The summed E-state index contributed by atoms with van der Waals surface area (Å²) in [4.78, 5) is 24.4. The molecule has 1 aromatic rings. The Morgan fingerprint density at radius 1 is 1.44 bits per heavy atom. The summed E-state index contributed by atoms with van der Waals surface area (Å²) in [6, 6.07) is 0.485. The van der Waals surface area contributed by atoms with Gasteiger partial charge in [-0.1, -0.05) is 6.92 Å². The summed E-state index contributed by atoms with van der Waals surface area (Å²) in [5.74, 6) is 0.492. The first-order chi connectivity index (χ1) is 13.0. The van der Waals surface area contributed by atoms with Crippen LogP contribution in [0.25, 0.3) is 0 Å². The second-order valence-corrected chi connectivity index (χ2v) is 7.73. The van der Waals surface area contributed by atoms with Crippen LogP contribution in [0.2, 0.25) is 0 Å². The second-order valence-electron chi connectivity index (χ2n) is 6.70. The number of nitrogens with zero attached hydrogens (tertiary/aromatic N) is 3. The van der Waals surface area contributed by atoms with Gasteiger partial charge < -0.3 is 15.4 Å². The predicted octanol–water partition coefficient (Wildman–Crippen LogP) is 2.73. The molecule has 2 unspecified atom stereocenters. The molecule has 2 N–H and O–H groups in total. The van der Waals surface area contributed by atoms with E-state index in [2.05, 4.69) is 34.4 Å². The lowest BCUT2D eigenvalue weighted by atomic mass is 10.2. The molecule has 1 aliphatic rings. The average molecular weight is 396 g/mol. The molecule has 2 heterocycles. The zero-order chi connectivity index (χ0) is 19.8. The Kier molecular flexibility index (Phi) is 8.50. The van der Waals surface area contributed by atoms with Crippen molar-refractivity contribution in [1.29, 1.82) is 0 Å². The molecule has 0 spiro atoms. The molecule has 0 aliphatic carbocycles. The van der Waals surface area contributed by atoms with Gasteiger partial charge in [0.2, 0.25) is 0 Å². The normalized spacial score (nSPS) is 19.1. The fourth-order valence-electron chi connectivity index (χ4n) is 3.29. The highest BCUT2D eigenvalue weighted by atomic mass is 32.1. The summed E-state index contributed by atoms with van der Waals surface area (Å²) < 4.78 is 5.11. The zero-order valence-electron chi connectivity index (χ0n) is 17.2. The Labute approximate surface area is 166 Å². The van der Waals surface area contributed by atoms with Gasteiger partial charge >= 0.3 is 5.97 Å². The quantitative estimate of drug-likeness (QED) is 0.400. The molecule has 2 atom stereocenters. The molecule has 1 saturated heterocycles. The number of carbonyl (C=O) groups is 1. The lowest BCUT2D eigenvalue weighted by molar-refractivity contribution is 0.0531. The molecule has 0 saturated carbocycles. The summed E-state index contributed by atoms with van der Waals surface area (Å²) in [6.07, 6.45) is 2.46. The lowest BCUT2D eigenvalue weighted by Crippen LogP contribution is -2.40. The van der Waals surface area contributed by atoms with E-state index in [0.29, 0.717) is 23.2 Å². The number of aromatic nitrogens is 1. The van der Waals surface area contributed by atoms with Crippen LogP contribution in [0.3, 0.4) is 0 Å². The molecule has 27 heavy (non-hydrogen) atoms. The van der Waals surface area contributed by atoms with E-state index in [9.17, 15) is 4.79 Å². The van der Waals surface area contributed by atoms with Gasteiger partial charge in [0.05, 0.1) is 24.9 Å². The number of hydrogen-bond donors (Lipinski definition) is 2. The summed E-state index contributed by atoms with van der Waals surface area (Å²) in [5.41, 5.74) is 0.716. The topological polar surface area (TPSA) is 78.9 Å². The number of hydrogen-bond acceptors (Lipinski definition) is 6. The van der Waals surface area contributed by atoms with Crippen LogP contribution in [0.1, 0.15) is 67.0 Å². The van der Waals surface area contributed by atoms with Crippen molar-refractivity contribution in [3.05, 3.63) is 15.6 Å². The van der Waals surface area contributed by atoms with Gasteiger partial charge in [-0.25, -0.2) is 9.78 Å². The molecule has 1 aliphatic heterocycles. The van der Waals surface area contributed by atoms with Crippen LogP contribution >= 0.6 is 11.3 Å². The minimum absolute atomic E-state index is 0.0412. The summed E-state index contributed by atoms with van der Waals surface area (Å²) in [5, 5.41) is 7.59. The van der Waals surface area contributed by atoms with E-state index in [1.54, 1.807) is 0 Å². The van der Waals surface area contributed by atoms with E-state index < -0.39 is 0 Å². The van der Waals surface area contributed by atoms with E-state index in [4.69, 9.17) is 9.73 Å². The molecule has 152 valence electrons. The number of carbonyl (C=O) groups excluding carboxylic acids is 1. The van der Waals surface area contributed by atoms with E-state index in [0.717, 1.165) is 30.6 Å². The van der Waals surface area contributed by atoms with E-state index >= 15 is 0 Å². The Morgan fingerprint density at radius 3 is 2.89 bits per heavy atom. The maximum absolute atomic E-state index is 12.0. The van der Waals surface area contributed by atoms with Crippen LogP contribution in [0, 0.1) is 6.92 Å². The van der Waals surface area contributed by atoms with Gasteiger partial charge in [-0.3, -0.25) is 9.89 Å². The fourth-order valence-corrected chi connectivity index (χ4v) is 4.25. The molecule has 0 aromatic carbocycles. The zero-order valence-corrected chi connectivity index (χ0v) is 18.0. The third-order valence-electron chi connectivity index (χ3n) is 4.71. The number of thiazole rings is 1. The number of aliphatic imine (C=N–C) groups is 1. The summed E-state index contributed by atoms with van der Waals surface area (Å²) in [6.45, 7) is 14.2. The third-order valence-corrected chi connectivity index (χ3v) is 6.03. The van der Waals surface area contributed by atoms with Crippen LogP contribution in [-0.2, 0) is 4.74 Å². The van der Waals surface area contributed by atoms with Crippen molar-refractivity contribution in [2.24, 2.45) is 4.99 Å². The third kappa shape index (κ3) is 5.90. The summed E-state index contributed by atoms with van der Waals surface area (Å²) >= 11 is 1.38. The van der Waals surface area contributed by atoms with Crippen LogP contribution in [0.5, 0.6) is 0 Å². The number of nitrogens with one attached hydrogen (secondary N) is 2. The molecule has 2 rings (SSSR count). The van der Waals surface area contributed by atoms with Crippen molar-refractivity contribution in [2.75, 3.05) is 32.8 Å². The molecule has 0 radical (unpaired) electrons. The number of likely N-dealkylation sites (tertiary alicyclic amines) is 1. The first kappa shape index (κ1) is 21.6. The molecule has 8 heteroatoms. The first-order valence-corrected chi connectivity index (χ1v) is 10.7. The fraction of sp³-hybridized carbons (Fsp3) is 0.737. The molecule has 0 bridgehead atoms. The SMILES string of the molecule is CCNC(=NCC1CCCN1CC)NC(C)c1nc(C)c(C(=O)OCC)s1. The molecular weight excluding hydrogens is 362 g/mol. The molecule has 1 aromatic heterocycles. The van der Waals surface area contributed by atoms with E-state index in [1.807, 2.05) is 20.8 Å². The van der Waals surface area contributed by atoms with Gasteiger partial charge in [-0.05, 0) is 53.6 Å². The van der Waals surface area contributed by atoms with E-state index in [-0.39, 0.29) is 12.0 Å². The maximum atomic E-state index is 12.0. The van der Waals surface area contributed by atoms with Crippen LogP contribution < -0.4 is 10.6 Å². The number of esters is 1. The average Bonchev–Trinajstić information content (AvgIpc) is 3.26. The number of ether oxygens (including phenoxy) is 1. The van der Waals surface area contributed by atoms with Crippen molar-refractivity contribution in [3.8, 4) is 0 Å². The van der Waals surface area contributed by atoms with Crippen molar-refractivity contribution < 1.29 is 9.53 Å². The Morgan fingerprint density at radius 2 is 2.22 bits per heavy atom. The van der Waals surface area contributed by atoms with Crippen LogP contribution in [0.15, 0.2) is 4.99 Å². The molecule has 7 nitrogen and oxygen atoms in total. The summed E-state index contributed by atoms with van der Waals surface area (Å²) in [7, 11) is 0. The Balaban J connectivity index is 2.03. The minimum atomic E-state index is -0.299. The highest BCUT2D eigenvalue weighted by molar-refractivity contribution is 7.13. The largest absolute Gasteiger partial charge is 0.462 e. The first-order valence-electron chi connectivity index (χ1n) is 9.93. The number of aryl methyl sites for hydroxylation is 1. The monoisotopic (exact) mass is 395 g/mol. The Hall–Kier alpha value is -1.67. The molecule has 1 fully saturated rings. The van der Waals surface area contributed by atoms with Crippen molar-refractivity contribution in [3.63, 3.8) is 0 Å². The van der Waals surface area contributed by atoms with Crippen molar-refractivity contribution >= 4 is 23.3 Å². The van der Waals surface area contributed by atoms with Gasteiger partial charge in [-0.15, -0.1) is 11.3 Å².